The maximum Gasteiger partial charge on any atom is 0.305 e. The summed E-state index contributed by atoms with van der Waals surface area (Å²) in [5.74, 6) is -0.293. The Morgan fingerprint density at radius 1 is 1.38 bits per heavy atom. The molecule has 2 atom stereocenters. The first-order chi connectivity index (χ1) is 10.1. The smallest absolute Gasteiger partial charge is 0.305 e. The number of para-hydroxylation sites is 1. The molecule has 0 radical (unpaired) electrons. The van der Waals surface area contributed by atoms with Gasteiger partial charge in [0.05, 0.1) is 17.1 Å². The van der Waals surface area contributed by atoms with Crippen LogP contribution in [0.25, 0.3) is 0 Å². The molecule has 2 fully saturated rings. The summed E-state index contributed by atoms with van der Waals surface area (Å²) < 4.78 is 5.70. The van der Waals surface area contributed by atoms with E-state index in [0.29, 0.717) is 18.8 Å². The lowest BCUT2D eigenvalue weighted by Crippen LogP contribution is -2.45. The summed E-state index contributed by atoms with van der Waals surface area (Å²) in [6, 6.07) is 4.76. The summed E-state index contributed by atoms with van der Waals surface area (Å²) in [7, 11) is 1.60. The maximum atomic E-state index is 12.7. The second-order valence-electron chi connectivity index (χ2n) is 5.38. The number of nitro benzene ring substituents is 1. The van der Waals surface area contributed by atoms with E-state index in [9.17, 15) is 14.9 Å². The number of ether oxygens (including phenoxy) is 1. The molecule has 0 aromatic heterocycles. The number of anilines is 1. The lowest BCUT2D eigenvalue weighted by molar-refractivity contribution is -0.384. The van der Waals surface area contributed by atoms with E-state index < -0.39 is 4.92 Å². The van der Waals surface area contributed by atoms with E-state index in [2.05, 4.69) is 5.32 Å². The van der Waals surface area contributed by atoms with Crippen LogP contribution in [0, 0.1) is 10.1 Å². The van der Waals surface area contributed by atoms with Crippen molar-refractivity contribution in [1.29, 1.82) is 0 Å². The minimum atomic E-state index is -0.506. The standard InChI is InChI=1S/C14H17N3O4/c1-15-12-4-2-3-11(13(12)17(19)20)14(18)16-7-9-5-6-10(8-16)21-9/h2-4,9-10,15H,5-8H2,1H3. The van der Waals surface area contributed by atoms with Gasteiger partial charge in [0.1, 0.15) is 11.3 Å². The number of hydrogen-bond acceptors (Lipinski definition) is 5. The van der Waals surface area contributed by atoms with Gasteiger partial charge in [0, 0.05) is 20.1 Å². The minimum Gasteiger partial charge on any atom is -0.383 e. The van der Waals surface area contributed by atoms with Crippen molar-refractivity contribution in [3.05, 3.63) is 33.9 Å². The third-order valence-electron chi connectivity index (χ3n) is 4.05. The van der Waals surface area contributed by atoms with E-state index in [4.69, 9.17) is 4.74 Å². The van der Waals surface area contributed by atoms with Crippen LogP contribution in [0.5, 0.6) is 0 Å². The second-order valence-corrected chi connectivity index (χ2v) is 5.38. The molecule has 1 amide bonds. The van der Waals surface area contributed by atoms with Crippen molar-refractivity contribution in [2.24, 2.45) is 0 Å². The zero-order valence-corrected chi connectivity index (χ0v) is 11.7. The van der Waals surface area contributed by atoms with Crippen LogP contribution >= 0.6 is 0 Å². The molecule has 1 N–H and O–H groups in total. The number of nitrogens with zero attached hydrogens (tertiary/aromatic N) is 2. The van der Waals surface area contributed by atoms with E-state index >= 15 is 0 Å². The van der Waals surface area contributed by atoms with Crippen LogP contribution in [0.1, 0.15) is 23.2 Å². The minimum absolute atomic E-state index is 0.0687. The zero-order valence-electron chi connectivity index (χ0n) is 11.7. The summed E-state index contributed by atoms with van der Waals surface area (Å²) in [6.45, 7) is 1.02. The highest BCUT2D eigenvalue weighted by molar-refractivity contribution is 6.00. The molecule has 2 saturated heterocycles. The predicted octanol–water partition coefficient (Wildman–Crippen LogP) is 1.64. The number of rotatable bonds is 3. The van der Waals surface area contributed by atoms with Gasteiger partial charge in [-0.1, -0.05) is 6.07 Å². The molecule has 0 saturated carbocycles. The van der Waals surface area contributed by atoms with E-state index in [0.717, 1.165) is 12.8 Å². The Morgan fingerprint density at radius 3 is 2.62 bits per heavy atom. The van der Waals surface area contributed by atoms with Crippen molar-refractivity contribution in [3.63, 3.8) is 0 Å². The Morgan fingerprint density at radius 2 is 2.05 bits per heavy atom. The quantitative estimate of drug-likeness (QED) is 0.676. The molecule has 0 spiro atoms. The number of carbonyl (C=O) groups excluding carboxylic acids is 1. The van der Waals surface area contributed by atoms with Gasteiger partial charge in [-0.25, -0.2) is 0 Å². The average molecular weight is 291 g/mol. The number of fused-ring (bicyclic) bond motifs is 2. The second kappa shape index (κ2) is 5.33. The van der Waals surface area contributed by atoms with Crippen LogP contribution in [0.3, 0.4) is 0 Å². The Balaban J connectivity index is 1.93. The van der Waals surface area contributed by atoms with Crippen LogP contribution in [-0.2, 0) is 4.74 Å². The highest BCUT2D eigenvalue weighted by Gasteiger charge is 2.37. The van der Waals surface area contributed by atoms with Crippen molar-refractivity contribution >= 4 is 17.3 Å². The lowest BCUT2D eigenvalue weighted by atomic mass is 10.1. The van der Waals surface area contributed by atoms with Gasteiger partial charge in [0.2, 0.25) is 0 Å². The van der Waals surface area contributed by atoms with Gasteiger partial charge >= 0.3 is 5.69 Å². The highest BCUT2D eigenvalue weighted by Crippen LogP contribution is 2.32. The lowest BCUT2D eigenvalue weighted by Gasteiger charge is -2.32. The Hall–Kier alpha value is -2.15. The van der Waals surface area contributed by atoms with Crippen LogP contribution in [0.4, 0.5) is 11.4 Å². The van der Waals surface area contributed by atoms with Crippen molar-refractivity contribution in [1.82, 2.24) is 4.90 Å². The van der Waals surface area contributed by atoms with Gasteiger partial charge in [-0.05, 0) is 25.0 Å². The van der Waals surface area contributed by atoms with Crippen LogP contribution in [0.2, 0.25) is 0 Å². The molecule has 0 aliphatic carbocycles. The molecule has 2 aliphatic rings. The maximum absolute atomic E-state index is 12.7. The van der Waals surface area contributed by atoms with Gasteiger partial charge in [0.15, 0.2) is 0 Å². The van der Waals surface area contributed by atoms with E-state index in [1.165, 1.54) is 6.07 Å². The number of amides is 1. The molecule has 21 heavy (non-hydrogen) atoms. The molecular weight excluding hydrogens is 274 g/mol. The summed E-state index contributed by atoms with van der Waals surface area (Å²) in [6.07, 6.45) is 2.04. The predicted molar refractivity (Wildman–Crippen MR) is 76.4 cm³/mol. The molecule has 2 bridgehead atoms. The monoisotopic (exact) mass is 291 g/mol. The highest BCUT2D eigenvalue weighted by atomic mass is 16.6. The fourth-order valence-electron chi connectivity index (χ4n) is 3.07. The molecule has 1 aromatic carbocycles. The summed E-state index contributed by atoms with van der Waals surface area (Å²) in [5, 5.41) is 14.1. The number of benzene rings is 1. The van der Waals surface area contributed by atoms with Crippen molar-refractivity contribution in [2.45, 2.75) is 25.0 Å². The average Bonchev–Trinajstić information content (AvgIpc) is 2.83. The summed E-state index contributed by atoms with van der Waals surface area (Å²) >= 11 is 0. The topological polar surface area (TPSA) is 84.7 Å². The molecule has 3 rings (SSSR count). The van der Waals surface area contributed by atoms with Crippen LogP contribution in [0.15, 0.2) is 18.2 Å². The van der Waals surface area contributed by atoms with Crippen molar-refractivity contribution in [3.8, 4) is 0 Å². The number of morpholine rings is 1. The SMILES string of the molecule is CNc1cccc(C(=O)N2CC3CCC(C2)O3)c1[N+](=O)[O-]. The fourth-order valence-corrected chi connectivity index (χ4v) is 3.07. The molecule has 2 heterocycles. The number of hydrogen-bond donors (Lipinski definition) is 1. The first-order valence-corrected chi connectivity index (χ1v) is 7.00. The van der Waals surface area contributed by atoms with Crippen LogP contribution in [-0.4, -0.2) is 48.1 Å². The number of nitrogens with one attached hydrogen (secondary N) is 1. The largest absolute Gasteiger partial charge is 0.383 e. The van der Waals surface area contributed by atoms with E-state index in [1.807, 2.05) is 0 Å². The zero-order chi connectivity index (χ0) is 15.0. The van der Waals surface area contributed by atoms with Gasteiger partial charge in [-0.2, -0.15) is 0 Å². The number of nitro groups is 1. The Kier molecular flexibility index (Phi) is 3.50. The molecule has 112 valence electrons. The Labute approximate surface area is 122 Å². The van der Waals surface area contributed by atoms with Gasteiger partial charge in [-0.15, -0.1) is 0 Å². The molecule has 2 unspecified atom stereocenters. The third-order valence-corrected chi connectivity index (χ3v) is 4.05. The van der Waals surface area contributed by atoms with E-state index in [-0.39, 0.29) is 29.4 Å². The first kappa shape index (κ1) is 13.8. The fraction of sp³-hybridized carbons (Fsp3) is 0.500. The Bertz CT molecular complexity index is 578. The summed E-state index contributed by atoms with van der Waals surface area (Å²) in [5.41, 5.74) is 0.319. The molecule has 1 aromatic rings. The van der Waals surface area contributed by atoms with E-state index in [1.54, 1.807) is 24.1 Å². The van der Waals surface area contributed by atoms with Crippen molar-refractivity contribution in [2.75, 3.05) is 25.5 Å². The number of likely N-dealkylation sites (tertiary alicyclic amines) is 1. The molecular formula is C14H17N3O4. The molecule has 7 nitrogen and oxygen atoms in total. The van der Waals surface area contributed by atoms with Gasteiger partial charge < -0.3 is 15.0 Å². The third kappa shape index (κ3) is 2.44. The molecule has 2 aliphatic heterocycles. The van der Waals surface area contributed by atoms with Crippen LogP contribution < -0.4 is 5.32 Å². The number of carbonyl (C=O) groups is 1. The molecule has 7 heteroatoms. The summed E-state index contributed by atoms with van der Waals surface area (Å²) in [4.78, 5) is 25.1. The van der Waals surface area contributed by atoms with Gasteiger partial charge in [-0.3, -0.25) is 14.9 Å². The normalized spacial score (nSPS) is 24.0. The van der Waals surface area contributed by atoms with Crippen molar-refractivity contribution < 1.29 is 14.5 Å². The van der Waals surface area contributed by atoms with Gasteiger partial charge in [0.25, 0.3) is 5.91 Å². The first-order valence-electron chi connectivity index (χ1n) is 7.00.